The molecule has 0 saturated heterocycles. The molecule has 0 spiro atoms. The third-order valence-electron chi connectivity index (χ3n) is 2.95. The van der Waals surface area contributed by atoms with Crippen LogP contribution in [0.2, 0.25) is 0 Å². The van der Waals surface area contributed by atoms with Gasteiger partial charge in [0.1, 0.15) is 12.1 Å². The lowest BCUT2D eigenvalue weighted by atomic mass is 10.1. The second-order valence-electron chi connectivity index (χ2n) is 4.80. The topological polar surface area (TPSA) is 55.0 Å². The van der Waals surface area contributed by atoms with Crippen molar-refractivity contribution in [3.8, 4) is 0 Å². The van der Waals surface area contributed by atoms with E-state index >= 15 is 0 Å². The molecule has 1 heterocycles. The van der Waals surface area contributed by atoms with Gasteiger partial charge in [0.25, 0.3) is 0 Å². The van der Waals surface area contributed by atoms with Gasteiger partial charge in [-0.05, 0) is 12.8 Å². The Morgan fingerprint density at radius 3 is 2.56 bits per heavy atom. The Kier molecular flexibility index (Phi) is 5.47. The molecule has 0 amide bonds. The van der Waals surface area contributed by atoms with Crippen molar-refractivity contribution < 1.29 is 0 Å². The van der Waals surface area contributed by atoms with Crippen LogP contribution < -0.4 is 10.6 Å². The van der Waals surface area contributed by atoms with Gasteiger partial charge in [-0.1, -0.05) is 33.0 Å². The lowest BCUT2D eigenvalue weighted by Crippen LogP contribution is -2.34. The number of hydrogen-bond donors (Lipinski definition) is 1. The van der Waals surface area contributed by atoms with Crippen molar-refractivity contribution in [1.29, 1.82) is 0 Å². The van der Waals surface area contributed by atoms with Gasteiger partial charge in [-0.2, -0.15) is 0 Å². The smallest absolute Gasteiger partial charge is 0.132 e. The van der Waals surface area contributed by atoms with Crippen molar-refractivity contribution in [3.63, 3.8) is 0 Å². The molecule has 18 heavy (non-hydrogen) atoms. The summed E-state index contributed by atoms with van der Waals surface area (Å²) >= 11 is 5.02. The Balaban J connectivity index is 2.88. The summed E-state index contributed by atoms with van der Waals surface area (Å²) in [7, 11) is 0. The van der Waals surface area contributed by atoms with Crippen LogP contribution in [0.25, 0.3) is 0 Å². The molecular weight excluding hydrogens is 244 g/mol. The number of hydrogen-bond acceptors (Lipinski definition) is 4. The summed E-state index contributed by atoms with van der Waals surface area (Å²) in [5.74, 6) is 1.52. The zero-order valence-corrected chi connectivity index (χ0v) is 12.4. The first-order valence-corrected chi connectivity index (χ1v) is 6.72. The molecule has 4 nitrogen and oxygen atoms in total. The van der Waals surface area contributed by atoms with Crippen LogP contribution >= 0.6 is 12.2 Å². The quantitative estimate of drug-likeness (QED) is 0.801. The first kappa shape index (κ1) is 14.8. The van der Waals surface area contributed by atoms with E-state index in [2.05, 4.69) is 35.6 Å². The van der Waals surface area contributed by atoms with Crippen LogP contribution in [-0.4, -0.2) is 28.0 Å². The SMILES string of the molecule is CCN(CC(C)C(N)=S)c1cc(C(C)C)ncn1. The van der Waals surface area contributed by atoms with Crippen molar-refractivity contribution in [2.75, 3.05) is 18.0 Å². The van der Waals surface area contributed by atoms with Gasteiger partial charge in [-0.15, -0.1) is 0 Å². The molecule has 1 aromatic heterocycles. The Hall–Kier alpha value is -1.23. The van der Waals surface area contributed by atoms with E-state index in [0.29, 0.717) is 10.9 Å². The van der Waals surface area contributed by atoms with Gasteiger partial charge in [0, 0.05) is 30.8 Å². The highest BCUT2D eigenvalue weighted by molar-refractivity contribution is 7.80. The Labute approximate surface area is 115 Å². The van der Waals surface area contributed by atoms with Crippen molar-refractivity contribution >= 4 is 23.0 Å². The molecule has 0 radical (unpaired) electrons. The largest absolute Gasteiger partial charge is 0.393 e. The van der Waals surface area contributed by atoms with Crippen molar-refractivity contribution in [2.24, 2.45) is 11.7 Å². The van der Waals surface area contributed by atoms with E-state index in [1.165, 1.54) is 0 Å². The van der Waals surface area contributed by atoms with Crippen LogP contribution in [0.5, 0.6) is 0 Å². The summed E-state index contributed by atoms with van der Waals surface area (Å²) in [5, 5.41) is 0. The molecule has 1 aromatic rings. The van der Waals surface area contributed by atoms with Gasteiger partial charge in [0.15, 0.2) is 0 Å². The number of aromatic nitrogens is 2. The summed E-state index contributed by atoms with van der Waals surface area (Å²) in [6.07, 6.45) is 1.62. The maximum absolute atomic E-state index is 5.67. The van der Waals surface area contributed by atoms with E-state index in [4.69, 9.17) is 18.0 Å². The Bertz CT molecular complexity index is 406. The highest BCUT2D eigenvalue weighted by Crippen LogP contribution is 2.17. The minimum absolute atomic E-state index is 0.178. The molecule has 0 aliphatic carbocycles. The predicted molar refractivity (Wildman–Crippen MR) is 80.0 cm³/mol. The highest BCUT2D eigenvalue weighted by Gasteiger charge is 2.13. The maximum Gasteiger partial charge on any atom is 0.132 e. The first-order chi connectivity index (χ1) is 8.45. The fourth-order valence-corrected chi connectivity index (χ4v) is 1.73. The summed E-state index contributed by atoms with van der Waals surface area (Å²) in [5.41, 5.74) is 6.72. The zero-order valence-electron chi connectivity index (χ0n) is 11.6. The van der Waals surface area contributed by atoms with E-state index in [-0.39, 0.29) is 5.92 Å². The first-order valence-electron chi connectivity index (χ1n) is 6.31. The highest BCUT2D eigenvalue weighted by atomic mass is 32.1. The van der Waals surface area contributed by atoms with Gasteiger partial charge in [0.2, 0.25) is 0 Å². The van der Waals surface area contributed by atoms with Crippen LogP contribution in [0.1, 0.15) is 39.3 Å². The summed E-state index contributed by atoms with van der Waals surface area (Å²) < 4.78 is 0. The molecule has 0 saturated carbocycles. The molecule has 0 bridgehead atoms. The second-order valence-corrected chi connectivity index (χ2v) is 5.27. The molecule has 1 rings (SSSR count). The van der Waals surface area contributed by atoms with Gasteiger partial charge < -0.3 is 10.6 Å². The van der Waals surface area contributed by atoms with Crippen LogP contribution in [-0.2, 0) is 0 Å². The van der Waals surface area contributed by atoms with Crippen LogP contribution in [0.3, 0.4) is 0 Å². The van der Waals surface area contributed by atoms with E-state index in [9.17, 15) is 0 Å². The average molecular weight is 266 g/mol. The van der Waals surface area contributed by atoms with Gasteiger partial charge in [-0.25, -0.2) is 9.97 Å². The third kappa shape index (κ3) is 3.91. The van der Waals surface area contributed by atoms with Crippen LogP contribution in [0, 0.1) is 5.92 Å². The monoisotopic (exact) mass is 266 g/mol. The van der Waals surface area contributed by atoms with Crippen molar-refractivity contribution in [2.45, 2.75) is 33.6 Å². The summed E-state index contributed by atoms with van der Waals surface area (Å²) in [4.78, 5) is 11.3. The van der Waals surface area contributed by atoms with E-state index in [1.807, 2.05) is 13.0 Å². The number of thiocarbonyl (C=S) groups is 1. The molecule has 100 valence electrons. The Morgan fingerprint density at radius 2 is 2.06 bits per heavy atom. The second kappa shape index (κ2) is 6.64. The van der Waals surface area contributed by atoms with Crippen molar-refractivity contribution in [1.82, 2.24) is 9.97 Å². The summed E-state index contributed by atoms with van der Waals surface area (Å²) in [6.45, 7) is 10.1. The Morgan fingerprint density at radius 1 is 1.39 bits per heavy atom. The molecule has 0 aliphatic heterocycles. The zero-order chi connectivity index (χ0) is 13.7. The lowest BCUT2D eigenvalue weighted by Gasteiger charge is -2.25. The minimum atomic E-state index is 0.178. The molecule has 0 aliphatic rings. The molecule has 5 heteroatoms. The van der Waals surface area contributed by atoms with E-state index in [1.54, 1.807) is 6.33 Å². The standard InChI is InChI=1S/C13H22N4S/c1-5-17(7-10(4)13(14)18)12-6-11(9(2)3)15-8-16-12/h6,8-10H,5,7H2,1-4H3,(H2,14,18). The molecular formula is C13H22N4S. The molecule has 2 N–H and O–H groups in total. The minimum Gasteiger partial charge on any atom is -0.393 e. The summed E-state index contributed by atoms with van der Waals surface area (Å²) in [6, 6.07) is 2.04. The number of anilines is 1. The molecule has 1 unspecified atom stereocenters. The predicted octanol–water partition coefficient (Wildman–Crippen LogP) is 2.35. The molecule has 0 fully saturated rings. The average Bonchev–Trinajstić information content (AvgIpc) is 2.35. The van der Waals surface area contributed by atoms with Crippen LogP contribution in [0.15, 0.2) is 12.4 Å². The molecule has 1 atom stereocenters. The van der Waals surface area contributed by atoms with Crippen LogP contribution in [0.4, 0.5) is 5.82 Å². The van der Waals surface area contributed by atoms with Gasteiger partial charge in [-0.3, -0.25) is 0 Å². The lowest BCUT2D eigenvalue weighted by molar-refractivity contribution is 0.695. The van der Waals surface area contributed by atoms with Gasteiger partial charge in [0.05, 0.1) is 4.99 Å². The van der Waals surface area contributed by atoms with Gasteiger partial charge >= 0.3 is 0 Å². The normalized spacial score (nSPS) is 12.5. The van der Waals surface area contributed by atoms with E-state index in [0.717, 1.165) is 24.6 Å². The van der Waals surface area contributed by atoms with Crippen molar-refractivity contribution in [3.05, 3.63) is 18.1 Å². The number of nitrogens with zero attached hydrogens (tertiary/aromatic N) is 3. The molecule has 0 aromatic carbocycles. The fraction of sp³-hybridized carbons (Fsp3) is 0.615. The number of rotatable bonds is 6. The van der Waals surface area contributed by atoms with E-state index < -0.39 is 0 Å². The maximum atomic E-state index is 5.67. The fourth-order valence-electron chi connectivity index (χ4n) is 1.66. The third-order valence-corrected chi connectivity index (χ3v) is 3.35. The number of nitrogens with two attached hydrogens (primary N) is 1.